The summed E-state index contributed by atoms with van der Waals surface area (Å²) in [6.45, 7) is 6.17. The number of amides is 2. The highest BCUT2D eigenvalue weighted by Gasteiger charge is 2.64. The smallest absolute Gasteiger partial charge is 0.240 e. The number of anilines is 1. The van der Waals surface area contributed by atoms with Crippen LogP contribution in [0.2, 0.25) is 0 Å². The number of carbonyl (C=O) groups is 2. The highest BCUT2D eigenvalue weighted by Crippen LogP contribution is 2.60. The third-order valence-corrected chi connectivity index (χ3v) is 6.43. The third kappa shape index (κ3) is 1.65. The molecule has 1 heterocycles. The molecule has 3 heteroatoms. The lowest BCUT2D eigenvalue weighted by molar-refractivity contribution is -0.146. The fraction of sp³-hybridized carbons (Fsp3) is 0.400. The Morgan fingerprint density at radius 1 is 1.00 bits per heavy atom. The van der Waals surface area contributed by atoms with Gasteiger partial charge in [0.1, 0.15) is 0 Å². The van der Waals surface area contributed by atoms with Gasteiger partial charge in [-0.1, -0.05) is 57.2 Å². The zero-order valence-electron chi connectivity index (χ0n) is 13.8. The van der Waals surface area contributed by atoms with Crippen LogP contribution in [0.15, 0.2) is 42.5 Å². The fourth-order valence-electron chi connectivity index (χ4n) is 4.45. The average molecular weight is 307 g/mol. The Hall–Kier alpha value is -2.16. The Morgan fingerprint density at radius 3 is 2.48 bits per heavy atom. The monoisotopic (exact) mass is 307 g/mol. The minimum absolute atomic E-state index is 0.0358. The number of piperidine rings is 1. The minimum atomic E-state index is -0.470. The lowest BCUT2D eigenvalue weighted by Crippen LogP contribution is -2.59. The van der Waals surface area contributed by atoms with Gasteiger partial charge < -0.3 is 0 Å². The van der Waals surface area contributed by atoms with E-state index >= 15 is 0 Å². The zero-order chi connectivity index (χ0) is 16.4. The van der Waals surface area contributed by atoms with E-state index in [1.807, 2.05) is 49.4 Å². The number of rotatable bonds is 1. The molecular formula is C20H21NO2. The van der Waals surface area contributed by atoms with Crippen molar-refractivity contribution >= 4 is 28.3 Å². The summed E-state index contributed by atoms with van der Waals surface area (Å²) >= 11 is 0. The Kier molecular flexibility index (Phi) is 2.78. The third-order valence-electron chi connectivity index (χ3n) is 6.43. The summed E-state index contributed by atoms with van der Waals surface area (Å²) in [6.07, 6.45) is 1.59. The molecular weight excluding hydrogens is 286 g/mol. The van der Waals surface area contributed by atoms with Crippen molar-refractivity contribution in [1.29, 1.82) is 0 Å². The molecule has 2 fully saturated rings. The SMILES string of the molecule is CC1(C)[C@@H]2CC[C@@]1(C)C(=O)N(c1cccc3ccccc13)C2=O. The summed E-state index contributed by atoms with van der Waals surface area (Å²) in [5.74, 6) is -0.159. The molecule has 1 aliphatic carbocycles. The van der Waals surface area contributed by atoms with Gasteiger partial charge in [-0.3, -0.25) is 9.59 Å². The average Bonchev–Trinajstić information content (AvgIpc) is 2.72. The lowest BCUT2D eigenvalue weighted by atomic mass is 9.62. The zero-order valence-corrected chi connectivity index (χ0v) is 13.8. The van der Waals surface area contributed by atoms with Crippen LogP contribution < -0.4 is 4.90 Å². The van der Waals surface area contributed by atoms with Crippen molar-refractivity contribution in [3.63, 3.8) is 0 Å². The summed E-state index contributed by atoms with van der Waals surface area (Å²) in [7, 11) is 0. The predicted octanol–water partition coefficient (Wildman–Crippen LogP) is 4.16. The fourth-order valence-corrected chi connectivity index (χ4v) is 4.45. The Bertz CT molecular complexity index is 833. The molecule has 2 aromatic carbocycles. The van der Waals surface area contributed by atoms with Gasteiger partial charge in [-0.15, -0.1) is 0 Å². The van der Waals surface area contributed by atoms with Crippen molar-refractivity contribution in [2.24, 2.45) is 16.7 Å². The number of nitrogens with zero attached hydrogens (tertiary/aromatic N) is 1. The van der Waals surface area contributed by atoms with Crippen LogP contribution in [0, 0.1) is 16.7 Å². The van der Waals surface area contributed by atoms with E-state index in [0.717, 1.165) is 29.3 Å². The lowest BCUT2D eigenvalue weighted by Gasteiger charge is -2.47. The van der Waals surface area contributed by atoms with Crippen LogP contribution in [0.4, 0.5) is 5.69 Å². The highest BCUT2D eigenvalue weighted by molar-refractivity contribution is 6.23. The summed E-state index contributed by atoms with van der Waals surface area (Å²) < 4.78 is 0. The first-order valence-corrected chi connectivity index (χ1v) is 8.24. The first kappa shape index (κ1) is 14.4. The number of fused-ring (bicyclic) bond motifs is 3. The molecule has 1 saturated carbocycles. The van der Waals surface area contributed by atoms with Crippen molar-refractivity contribution in [3.8, 4) is 0 Å². The Morgan fingerprint density at radius 2 is 1.70 bits per heavy atom. The molecule has 0 radical (unpaired) electrons. The Labute approximate surface area is 136 Å². The maximum absolute atomic E-state index is 13.3. The molecule has 3 nitrogen and oxygen atoms in total. The van der Waals surface area contributed by atoms with Gasteiger partial charge in [-0.25, -0.2) is 4.90 Å². The first-order chi connectivity index (χ1) is 10.9. The molecule has 0 N–H and O–H groups in total. The molecule has 23 heavy (non-hydrogen) atoms. The molecule has 2 amide bonds. The van der Waals surface area contributed by atoms with Crippen LogP contribution in [0.3, 0.4) is 0 Å². The van der Waals surface area contributed by atoms with Gasteiger partial charge >= 0.3 is 0 Å². The second kappa shape index (κ2) is 4.44. The van der Waals surface area contributed by atoms with Crippen molar-refractivity contribution in [2.45, 2.75) is 33.6 Å². The van der Waals surface area contributed by atoms with Crippen LogP contribution in [0.25, 0.3) is 10.8 Å². The van der Waals surface area contributed by atoms with Crippen molar-refractivity contribution in [2.75, 3.05) is 4.90 Å². The number of imide groups is 1. The molecule has 2 atom stereocenters. The molecule has 118 valence electrons. The van der Waals surface area contributed by atoms with Gasteiger partial charge in [0.2, 0.25) is 11.8 Å². The van der Waals surface area contributed by atoms with E-state index in [4.69, 9.17) is 0 Å². The second-order valence-corrected chi connectivity index (χ2v) is 7.62. The molecule has 0 unspecified atom stereocenters. The summed E-state index contributed by atoms with van der Waals surface area (Å²) in [5, 5.41) is 2.01. The van der Waals surface area contributed by atoms with Crippen molar-refractivity contribution in [3.05, 3.63) is 42.5 Å². The second-order valence-electron chi connectivity index (χ2n) is 7.62. The first-order valence-electron chi connectivity index (χ1n) is 8.24. The van der Waals surface area contributed by atoms with Crippen LogP contribution >= 0.6 is 0 Å². The number of benzene rings is 2. The van der Waals surface area contributed by atoms with E-state index in [9.17, 15) is 9.59 Å². The summed E-state index contributed by atoms with van der Waals surface area (Å²) in [5.41, 5.74) is -0.0168. The van der Waals surface area contributed by atoms with Crippen LogP contribution in [0.1, 0.15) is 33.6 Å². The van der Waals surface area contributed by atoms with Crippen LogP contribution in [-0.4, -0.2) is 11.8 Å². The standard InChI is InChI=1S/C20H21NO2/c1-19(2)15-11-12-20(19,3)18(23)21(17(15)22)16-10-6-8-13-7-4-5-9-14(13)16/h4-10,15H,11-12H2,1-3H3/t15-,20+/m1/s1. The molecule has 2 aromatic rings. The molecule has 2 bridgehead atoms. The molecule has 0 spiro atoms. The maximum Gasteiger partial charge on any atom is 0.240 e. The number of hydrogen-bond acceptors (Lipinski definition) is 2. The van der Waals surface area contributed by atoms with Crippen LogP contribution in [0.5, 0.6) is 0 Å². The number of carbonyl (C=O) groups excluding carboxylic acids is 2. The van der Waals surface area contributed by atoms with Gasteiger partial charge in [0.25, 0.3) is 0 Å². The normalized spacial score (nSPS) is 29.3. The van der Waals surface area contributed by atoms with Crippen molar-refractivity contribution < 1.29 is 9.59 Å². The van der Waals surface area contributed by atoms with E-state index in [1.165, 1.54) is 4.90 Å². The molecule has 4 rings (SSSR count). The summed E-state index contributed by atoms with van der Waals surface area (Å²) in [4.78, 5) is 27.8. The summed E-state index contributed by atoms with van der Waals surface area (Å²) in [6, 6.07) is 13.7. The molecule has 1 aliphatic heterocycles. The molecule has 2 aliphatic rings. The van der Waals surface area contributed by atoms with E-state index in [0.29, 0.717) is 0 Å². The molecule has 0 aromatic heterocycles. The van der Waals surface area contributed by atoms with Gasteiger partial charge in [0.05, 0.1) is 11.1 Å². The number of hydrogen-bond donors (Lipinski definition) is 0. The van der Waals surface area contributed by atoms with Gasteiger partial charge in [0, 0.05) is 11.3 Å². The highest BCUT2D eigenvalue weighted by atomic mass is 16.2. The van der Waals surface area contributed by atoms with E-state index in [-0.39, 0.29) is 23.1 Å². The van der Waals surface area contributed by atoms with E-state index in [2.05, 4.69) is 13.8 Å². The van der Waals surface area contributed by atoms with Crippen LogP contribution in [-0.2, 0) is 9.59 Å². The minimum Gasteiger partial charge on any atom is -0.274 e. The Balaban J connectivity index is 1.93. The topological polar surface area (TPSA) is 37.4 Å². The predicted molar refractivity (Wildman–Crippen MR) is 91.1 cm³/mol. The maximum atomic E-state index is 13.3. The van der Waals surface area contributed by atoms with Gasteiger partial charge in [-0.2, -0.15) is 0 Å². The quantitative estimate of drug-likeness (QED) is 0.742. The van der Waals surface area contributed by atoms with Gasteiger partial charge in [0.15, 0.2) is 0 Å². The van der Waals surface area contributed by atoms with Crippen molar-refractivity contribution in [1.82, 2.24) is 0 Å². The van der Waals surface area contributed by atoms with Gasteiger partial charge in [-0.05, 0) is 29.7 Å². The van der Waals surface area contributed by atoms with E-state index < -0.39 is 5.41 Å². The largest absolute Gasteiger partial charge is 0.274 e. The molecule has 1 saturated heterocycles. The van der Waals surface area contributed by atoms with E-state index in [1.54, 1.807) is 0 Å².